The topological polar surface area (TPSA) is 77.0 Å². The molecule has 0 aromatic heterocycles. The van der Waals surface area contributed by atoms with Crippen molar-refractivity contribution in [3.8, 4) is 11.5 Å². The number of nitrogens with one attached hydrogen (secondary N) is 1. The second kappa shape index (κ2) is 6.78. The lowest BCUT2D eigenvalue weighted by atomic mass is 10.1. The number of hydrogen-bond acceptors (Lipinski definition) is 5. The summed E-state index contributed by atoms with van der Waals surface area (Å²) < 4.78 is 15.5. The summed E-state index contributed by atoms with van der Waals surface area (Å²) in [5.41, 5.74) is 1.70. The Morgan fingerprint density at radius 1 is 1.33 bits per heavy atom. The first kappa shape index (κ1) is 15.6. The fourth-order valence-electron chi connectivity index (χ4n) is 2.53. The molecule has 0 fully saturated rings. The van der Waals surface area contributed by atoms with Gasteiger partial charge in [-0.1, -0.05) is 0 Å². The molecule has 0 aliphatic heterocycles. The quantitative estimate of drug-likeness (QED) is 0.812. The molecule has 2 rings (SSSR count). The zero-order valence-electron chi connectivity index (χ0n) is 12.5. The third kappa shape index (κ3) is 3.28. The average Bonchev–Trinajstić information content (AvgIpc) is 2.79. The van der Waals surface area contributed by atoms with Crippen LogP contribution >= 0.6 is 0 Å². The van der Waals surface area contributed by atoms with Gasteiger partial charge in [0, 0.05) is 6.61 Å². The highest BCUT2D eigenvalue weighted by Gasteiger charge is 2.33. The number of aliphatic hydroxyl groups excluding tert-OH is 1. The number of fused-ring (bicyclic) bond motifs is 1. The van der Waals surface area contributed by atoms with Crippen molar-refractivity contribution in [2.24, 2.45) is 0 Å². The van der Waals surface area contributed by atoms with E-state index < -0.39 is 6.10 Å². The number of carbonyl (C=O) groups excluding carboxylic acids is 1. The number of ether oxygens (including phenoxy) is 3. The summed E-state index contributed by atoms with van der Waals surface area (Å²) in [6.07, 6.45) is -0.209. The van der Waals surface area contributed by atoms with Gasteiger partial charge in [-0.25, -0.2) is 0 Å². The van der Waals surface area contributed by atoms with Gasteiger partial charge in [0.1, 0.15) is 6.61 Å². The van der Waals surface area contributed by atoms with Crippen LogP contribution in [-0.2, 0) is 16.0 Å². The van der Waals surface area contributed by atoms with Gasteiger partial charge >= 0.3 is 0 Å². The van der Waals surface area contributed by atoms with Gasteiger partial charge in [-0.05, 0) is 36.6 Å². The molecule has 21 heavy (non-hydrogen) atoms. The Hall–Kier alpha value is -1.79. The number of aliphatic hydroxyl groups is 1. The molecule has 1 aliphatic rings. The maximum Gasteiger partial charge on any atom is 0.246 e. The highest BCUT2D eigenvalue weighted by Crippen LogP contribution is 2.39. The normalized spacial score (nSPS) is 20.0. The zero-order chi connectivity index (χ0) is 15.4. The minimum atomic E-state index is -0.759. The van der Waals surface area contributed by atoms with Crippen LogP contribution in [0.5, 0.6) is 11.5 Å². The molecule has 2 N–H and O–H groups in total. The zero-order valence-corrected chi connectivity index (χ0v) is 12.5. The van der Waals surface area contributed by atoms with Crippen LogP contribution in [-0.4, -0.2) is 44.5 Å². The fourth-order valence-corrected chi connectivity index (χ4v) is 2.53. The van der Waals surface area contributed by atoms with Crippen molar-refractivity contribution in [2.75, 3.05) is 27.4 Å². The predicted octanol–water partition coefficient (Wildman–Crippen LogP) is 0.815. The monoisotopic (exact) mass is 295 g/mol. The molecular formula is C15H21NO5. The van der Waals surface area contributed by atoms with Gasteiger partial charge in [0.25, 0.3) is 0 Å². The van der Waals surface area contributed by atoms with Gasteiger partial charge in [0.2, 0.25) is 5.91 Å². The van der Waals surface area contributed by atoms with Crippen LogP contribution in [0.25, 0.3) is 0 Å². The van der Waals surface area contributed by atoms with Crippen molar-refractivity contribution < 1.29 is 24.1 Å². The molecule has 0 saturated heterocycles. The summed E-state index contributed by atoms with van der Waals surface area (Å²) in [7, 11) is 3.11. The number of carbonyl (C=O) groups is 1. The van der Waals surface area contributed by atoms with Gasteiger partial charge in [-0.2, -0.15) is 0 Å². The van der Waals surface area contributed by atoms with Gasteiger partial charge in [0.15, 0.2) is 11.5 Å². The fraction of sp³-hybridized carbons (Fsp3) is 0.533. The van der Waals surface area contributed by atoms with Gasteiger partial charge < -0.3 is 24.6 Å². The minimum Gasteiger partial charge on any atom is -0.493 e. The lowest BCUT2D eigenvalue weighted by Crippen LogP contribution is -2.39. The maximum absolute atomic E-state index is 11.7. The first-order valence-electron chi connectivity index (χ1n) is 6.90. The number of hydrogen-bond donors (Lipinski definition) is 2. The lowest BCUT2D eigenvalue weighted by molar-refractivity contribution is -0.127. The second-order valence-electron chi connectivity index (χ2n) is 4.87. The summed E-state index contributed by atoms with van der Waals surface area (Å²) in [6, 6.07) is 3.24. The Labute approximate surface area is 124 Å². The smallest absolute Gasteiger partial charge is 0.246 e. The summed E-state index contributed by atoms with van der Waals surface area (Å²) in [4.78, 5) is 11.7. The van der Waals surface area contributed by atoms with E-state index in [1.807, 2.05) is 13.0 Å². The summed E-state index contributed by atoms with van der Waals surface area (Å²) in [6.45, 7) is 2.31. The molecule has 1 aliphatic carbocycles. The number of amides is 1. The molecule has 1 amide bonds. The van der Waals surface area contributed by atoms with E-state index in [0.29, 0.717) is 24.5 Å². The predicted molar refractivity (Wildman–Crippen MR) is 76.6 cm³/mol. The largest absolute Gasteiger partial charge is 0.493 e. The molecule has 0 heterocycles. The first-order valence-corrected chi connectivity index (χ1v) is 6.90. The molecule has 0 unspecified atom stereocenters. The number of methoxy groups -OCH3 is 2. The maximum atomic E-state index is 11.7. The van der Waals surface area contributed by atoms with E-state index in [9.17, 15) is 9.90 Å². The molecule has 6 heteroatoms. The van der Waals surface area contributed by atoms with Crippen LogP contribution < -0.4 is 14.8 Å². The van der Waals surface area contributed by atoms with Crippen LogP contribution in [0.3, 0.4) is 0 Å². The van der Waals surface area contributed by atoms with Crippen molar-refractivity contribution in [1.82, 2.24) is 5.32 Å². The highest BCUT2D eigenvalue weighted by atomic mass is 16.5. The van der Waals surface area contributed by atoms with Crippen molar-refractivity contribution in [3.63, 3.8) is 0 Å². The molecule has 0 saturated carbocycles. The summed E-state index contributed by atoms with van der Waals surface area (Å²) >= 11 is 0. The Kier molecular flexibility index (Phi) is 5.03. The number of rotatable bonds is 6. The molecule has 0 bridgehead atoms. The highest BCUT2D eigenvalue weighted by molar-refractivity contribution is 5.77. The third-order valence-corrected chi connectivity index (χ3v) is 3.57. The Morgan fingerprint density at radius 2 is 2.00 bits per heavy atom. The molecule has 116 valence electrons. The molecule has 2 atom stereocenters. The summed E-state index contributed by atoms with van der Waals surface area (Å²) in [5.74, 6) is 0.953. The van der Waals surface area contributed by atoms with Crippen molar-refractivity contribution in [3.05, 3.63) is 23.3 Å². The number of benzene rings is 1. The Morgan fingerprint density at radius 3 is 2.62 bits per heavy atom. The van der Waals surface area contributed by atoms with Crippen molar-refractivity contribution in [2.45, 2.75) is 25.5 Å². The van der Waals surface area contributed by atoms with Crippen molar-refractivity contribution >= 4 is 5.91 Å². The summed E-state index contributed by atoms with van der Waals surface area (Å²) in [5, 5.41) is 13.1. The first-order chi connectivity index (χ1) is 10.1. The van der Waals surface area contributed by atoms with E-state index in [4.69, 9.17) is 14.2 Å². The Bertz CT molecular complexity index is 517. The van der Waals surface area contributed by atoms with Crippen LogP contribution in [0.2, 0.25) is 0 Å². The molecule has 0 spiro atoms. The van der Waals surface area contributed by atoms with Gasteiger partial charge in [-0.15, -0.1) is 0 Å². The molecule has 1 aromatic rings. The van der Waals surface area contributed by atoms with E-state index >= 15 is 0 Å². The van der Waals surface area contributed by atoms with Crippen LogP contribution in [0, 0.1) is 0 Å². The molecule has 6 nitrogen and oxygen atoms in total. The second-order valence-corrected chi connectivity index (χ2v) is 4.87. The minimum absolute atomic E-state index is 0.00269. The SMILES string of the molecule is CCOCC(=O)N[C@@H]1Cc2cc(OC)c(OC)cc2[C@H]1O. The third-order valence-electron chi connectivity index (χ3n) is 3.57. The van der Waals surface area contributed by atoms with E-state index in [1.165, 1.54) is 0 Å². The Balaban J connectivity index is 2.12. The van der Waals surface area contributed by atoms with E-state index in [1.54, 1.807) is 20.3 Å². The van der Waals surface area contributed by atoms with E-state index in [-0.39, 0.29) is 18.6 Å². The standard InChI is InChI=1S/C15H21NO5/c1-4-21-8-14(17)16-11-5-9-6-12(19-2)13(20-3)7-10(9)15(11)18/h6-7,11,15,18H,4-5,8H2,1-3H3,(H,16,17)/t11-,15-/m1/s1. The van der Waals surface area contributed by atoms with Crippen LogP contribution in [0.15, 0.2) is 12.1 Å². The van der Waals surface area contributed by atoms with Gasteiger partial charge in [-0.3, -0.25) is 4.79 Å². The average molecular weight is 295 g/mol. The molecule has 0 radical (unpaired) electrons. The lowest BCUT2D eigenvalue weighted by Gasteiger charge is -2.17. The van der Waals surface area contributed by atoms with Crippen LogP contribution in [0.1, 0.15) is 24.2 Å². The van der Waals surface area contributed by atoms with E-state index in [2.05, 4.69) is 5.32 Å². The molecular weight excluding hydrogens is 274 g/mol. The van der Waals surface area contributed by atoms with E-state index in [0.717, 1.165) is 11.1 Å². The van der Waals surface area contributed by atoms with Crippen molar-refractivity contribution in [1.29, 1.82) is 0 Å². The van der Waals surface area contributed by atoms with Crippen LogP contribution in [0.4, 0.5) is 0 Å². The van der Waals surface area contributed by atoms with Gasteiger partial charge in [0.05, 0.1) is 26.4 Å². The molecule has 1 aromatic carbocycles.